The van der Waals surface area contributed by atoms with Gasteiger partial charge in [-0.15, -0.1) is 0 Å². The van der Waals surface area contributed by atoms with Gasteiger partial charge in [-0.05, 0) is 143 Å². The smallest absolute Gasteiger partial charge is 0.335 e. The number of hydrogen-bond acceptors (Lipinski definition) is 8. The summed E-state index contributed by atoms with van der Waals surface area (Å²) in [5.74, 6) is -3.40. The van der Waals surface area contributed by atoms with Crippen LogP contribution in [0.15, 0.2) is 57.8 Å². The molecule has 346 valence electrons. The van der Waals surface area contributed by atoms with Crippen molar-refractivity contribution in [2.45, 2.75) is 116 Å². The molecule has 2 aromatic heterocycles. The molecule has 8 rings (SSSR count). The lowest BCUT2D eigenvalue weighted by molar-refractivity contribution is -0.165. The minimum absolute atomic E-state index is 0.0870. The van der Waals surface area contributed by atoms with Crippen molar-refractivity contribution in [2.75, 3.05) is 26.2 Å². The highest BCUT2D eigenvalue weighted by Gasteiger charge is 2.39. The van der Waals surface area contributed by atoms with Gasteiger partial charge in [0.2, 0.25) is 11.8 Å². The summed E-state index contributed by atoms with van der Waals surface area (Å²) >= 11 is 7.45. The summed E-state index contributed by atoms with van der Waals surface area (Å²) in [6.45, 7) is 16.4. The summed E-state index contributed by atoms with van der Waals surface area (Å²) < 4.78 is 2.19. The first-order valence-corrected chi connectivity index (χ1v) is 24.0. The van der Waals surface area contributed by atoms with Gasteiger partial charge in [-0.2, -0.15) is 0 Å². The van der Waals surface area contributed by atoms with Crippen LogP contribution in [0.25, 0.3) is 33.0 Å². The van der Waals surface area contributed by atoms with Crippen LogP contribution in [0.2, 0.25) is 0 Å². The van der Waals surface area contributed by atoms with Gasteiger partial charge in [0.1, 0.15) is 0 Å². The number of carboxylic acid groups (broad SMARTS) is 2. The number of carbonyl (C=O) groups is 4. The maximum atomic E-state index is 12.9. The summed E-state index contributed by atoms with van der Waals surface area (Å²) in [5, 5.41) is 41.5. The number of H-pyrrole nitrogens is 2. The Morgan fingerprint density at radius 3 is 1.38 bits per heavy atom. The third-order valence-corrected chi connectivity index (χ3v) is 14.2. The molecule has 0 fully saturated rings. The zero-order valence-corrected chi connectivity index (χ0v) is 40.6. The second-order valence-electron chi connectivity index (χ2n) is 17.4. The predicted octanol–water partition coefficient (Wildman–Crippen LogP) is 6.87. The Hall–Kier alpha value is -4.32. The SMILES string of the molecule is CCCN1C[C@H](C(=O)N[C@H](C)CC)C=C2c3cccc4[nH]c(Br)c(c34)C[C@H]21.CCCN1C[C@H](C(=O)N[C@H](C)CC)C=C2c3cccc4[nH]c(Br)c(c34)C[C@H]21.O=C(O)C(O)C(O)C(=O)O. The number of aliphatic hydroxyl groups excluding tert-OH is 2. The van der Waals surface area contributed by atoms with Crippen molar-refractivity contribution in [3.05, 3.63) is 80.0 Å². The van der Waals surface area contributed by atoms with E-state index in [0.29, 0.717) is 12.1 Å². The van der Waals surface area contributed by atoms with Crippen molar-refractivity contribution in [3.63, 3.8) is 0 Å². The summed E-state index contributed by atoms with van der Waals surface area (Å²) in [5.41, 5.74) is 10.3. The van der Waals surface area contributed by atoms with Gasteiger partial charge in [0.15, 0.2) is 12.2 Å². The van der Waals surface area contributed by atoms with Gasteiger partial charge in [0.05, 0.1) is 21.0 Å². The molecule has 64 heavy (non-hydrogen) atoms. The molecule has 0 saturated heterocycles. The number of aromatic amines is 2. The molecule has 4 aliphatic rings. The zero-order chi connectivity index (χ0) is 46.6. The van der Waals surface area contributed by atoms with E-state index in [0.717, 1.165) is 73.9 Å². The number of aromatic nitrogens is 2. The topological polar surface area (TPSA) is 211 Å². The van der Waals surface area contributed by atoms with Gasteiger partial charge in [0, 0.05) is 59.1 Å². The van der Waals surface area contributed by atoms with Gasteiger partial charge < -0.3 is 41.0 Å². The zero-order valence-electron chi connectivity index (χ0n) is 37.4. The molecule has 0 radical (unpaired) electrons. The molecule has 8 N–H and O–H groups in total. The van der Waals surface area contributed by atoms with E-state index in [2.05, 4.69) is 152 Å². The van der Waals surface area contributed by atoms with Crippen LogP contribution >= 0.6 is 31.9 Å². The minimum Gasteiger partial charge on any atom is -0.479 e. The van der Waals surface area contributed by atoms with Crippen LogP contribution in [0.5, 0.6) is 0 Å². The summed E-state index contributed by atoms with van der Waals surface area (Å²) in [6.07, 6.45) is 6.03. The number of fused-ring (bicyclic) bond motifs is 4. The number of rotatable bonds is 13. The second kappa shape index (κ2) is 21.3. The summed E-state index contributed by atoms with van der Waals surface area (Å²) in [4.78, 5) is 57.3. The molecule has 2 aliphatic carbocycles. The van der Waals surface area contributed by atoms with Crippen LogP contribution in [0, 0.1) is 11.8 Å². The molecule has 0 saturated carbocycles. The molecule has 2 aliphatic heterocycles. The van der Waals surface area contributed by atoms with Gasteiger partial charge in [-0.1, -0.05) is 64.1 Å². The molecule has 0 bridgehead atoms. The molecule has 0 spiro atoms. The average Bonchev–Trinajstić information content (AvgIpc) is 3.78. The lowest BCUT2D eigenvalue weighted by Gasteiger charge is -2.41. The highest BCUT2D eigenvalue weighted by atomic mass is 79.9. The monoisotopic (exact) mass is 1010 g/mol. The number of aliphatic hydroxyl groups is 2. The van der Waals surface area contributed by atoms with Gasteiger partial charge in [0.25, 0.3) is 0 Å². The number of carboxylic acids is 2. The van der Waals surface area contributed by atoms with Crippen LogP contribution in [0.1, 0.15) is 89.5 Å². The number of hydrogen-bond donors (Lipinski definition) is 8. The number of benzene rings is 2. The van der Waals surface area contributed by atoms with E-state index >= 15 is 0 Å². The Labute approximate surface area is 391 Å². The number of halogens is 2. The molecule has 2 aromatic carbocycles. The molecule has 16 heteroatoms. The first kappa shape index (κ1) is 49.1. The van der Waals surface area contributed by atoms with E-state index in [4.69, 9.17) is 20.4 Å². The molecular formula is C48H62Br2N6O8. The van der Waals surface area contributed by atoms with E-state index in [1.807, 2.05) is 0 Å². The van der Waals surface area contributed by atoms with Crippen molar-refractivity contribution in [2.24, 2.45) is 11.8 Å². The van der Waals surface area contributed by atoms with E-state index in [1.165, 1.54) is 55.2 Å². The third-order valence-electron chi connectivity index (χ3n) is 12.9. The standard InChI is InChI=1S/2C22H28BrN3O.C4H6O6/c2*1-4-9-26-12-14(22(27)24-13(3)5-2)10-16-15-7-6-8-18-20(15)17(11-19(16)26)21(23)25-18;5-1(3(7)8)2(6)4(9)10/h2*6-8,10,13-14,19,25H,4-5,9,11-12H2,1-3H3,(H,24,27);1-2,5-6H,(H,7,8)(H,9,10)/t2*13-,14-,19-;/m11./s1. The van der Waals surface area contributed by atoms with Crippen LogP contribution in [0.4, 0.5) is 0 Å². The average molecular weight is 1010 g/mol. The van der Waals surface area contributed by atoms with Crippen LogP contribution < -0.4 is 10.6 Å². The van der Waals surface area contributed by atoms with Gasteiger partial charge >= 0.3 is 11.9 Å². The molecular weight excluding hydrogens is 948 g/mol. The Balaban J connectivity index is 0.000000176. The lowest BCUT2D eigenvalue weighted by atomic mass is 9.79. The minimum atomic E-state index is -2.27. The van der Waals surface area contributed by atoms with Crippen molar-refractivity contribution in [1.29, 1.82) is 0 Å². The molecule has 2 amide bonds. The van der Waals surface area contributed by atoms with E-state index in [9.17, 15) is 19.2 Å². The van der Waals surface area contributed by atoms with Gasteiger partial charge in [-0.3, -0.25) is 19.4 Å². The number of nitrogens with one attached hydrogen (secondary N) is 4. The number of carbonyl (C=O) groups excluding carboxylic acids is 2. The van der Waals surface area contributed by atoms with Crippen molar-refractivity contribution < 1.29 is 39.6 Å². The Morgan fingerprint density at radius 1 is 0.672 bits per heavy atom. The highest BCUT2D eigenvalue weighted by Crippen LogP contribution is 2.45. The van der Waals surface area contributed by atoms with Gasteiger partial charge in [-0.25, -0.2) is 9.59 Å². The van der Waals surface area contributed by atoms with Crippen LogP contribution in [-0.4, -0.2) is 127 Å². The van der Waals surface area contributed by atoms with E-state index in [1.54, 1.807) is 0 Å². The fourth-order valence-corrected chi connectivity index (χ4v) is 10.5. The normalized spacial score (nSPS) is 21.9. The Kier molecular flexibility index (Phi) is 16.4. The van der Waals surface area contributed by atoms with Crippen LogP contribution in [-0.2, 0) is 32.0 Å². The van der Waals surface area contributed by atoms with E-state index < -0.39 is 24.1 Å². The Morgan fingerprint density at radius 2 is 1.05 bits per heavy atom. The molecule has 4 heterocycles. The molecule has 4 aromatic rings. The van der Waals surface area contributed by atoms with E-state index in [-0.39, 0.29) is 35.7 Å². The molecule has 14 nitrogen and oxygen atoms in total. The first-order chi connectivity index (χ1) is 30.5. The maximum Gasteiger partial charge on any atom is 0.335 e. The van der Waals surface area contributed by atoms with Crippen molar-refractivity contribution in [1.82, 2.24) is 30.4 Å². The quantitative estimate of drug-likeness (QED) is 0.0697. The number of aliphatic carboxylic acids is 2. The summed E-state index contributed by atoms with van der Waals surface area (Å²) in [6, 6.07) is 14.0. The number of nitrogens with zero attached hydrogens (tertiary/aromatic N) is 2. The molecule has 8 atom stereocenters. The fraction of sp³-hybridized carbons (Fsp3) is 0.500. The Bertz CT molecular complexity index is 2260. The van der Waals surface area contributed by atoms with Crippen LogP contribution in [0.3, 0.4) is 0 Å². The molecule has 2 unspecified atom stereocenters. The summed E-state index contributed by atoms with van der Waals surface area (Å²) in [7, 11) is 0. The fourth-order valence-electron chi connectivity index (χ4n) is 9.31. The van der Waals surface area contributed by atoms with Crippen molar-refractivity contribution >= 4 is 88.6 Å². The highest BCUT2D eigenvalue weighted by molar-refractivity contribution is 9.10. The number of amides is 2. The third kappa shape index (κ3) is 10.4. The lowest BCUT2D eigenvalue weighted by Crippen LogP contribution is -2.49. The predicted molar refractivity (Wildman–Crippen MR) is 257 cm³/mol. The largest absolute Gasteiger partial charge is 0.479 e. The second-order valence-corrected chi connectivity index (χ2v) is 19.0. The maximum absolute atomic E-state index is 12.9. The van der Waals surface area contributed by atoms with Crippen molar-refractivity contribution in [3.8, 4) is 0 Å². The first-order valence-electron chi connectivity index (χ1n) is 22.5.